The summed E-state index contributed by atoms with van der Waals surface area (Å²) in [5.41, 5.74) is 0. The summed E-state index contributed by atoms with van der Waals surface area (Å²) in [5.74, 6) is -0.563. The van der Waals surface area contributed by atoms with Crippen LogP contribution in [0.3, 0.4) is 0 Å². The average molecular weight is 268 g/mol. The Labute approximate surface area is 96.3 Å². The van der Waals surface area contributed by atoms with Gasteiger partial charge in [0.2, 0.25) is 0 Å². The van der Waals surface area contributed by atoms with E-state index in [4.69, 9.17) is 0 Å². The molecule has 0 rings (SSSR count). The summed E-state index contributed by atoms with van der Waals surface area (Å²) in [5, 5.41) is 11.0. The zero-order chi connectivity index (χ0) is 12.8. The molecule has 16 heavy (non-hydrogen) atoms. The summed E-state index contributed by atoms with van der Waals surface area (Å²) in [6.45, 7) is 6.25. The van der Waals surface area contributed by atoms with Crippen molar-refractivity contribution in [1.29, 1.82) is 0 Å². The van der Waals surface area contributed by atoms with Gasteiger partial charge in [0.1, 0.15) is 0 Å². The van der Waals surface area contributed by atoms with Crippen molar-refractivity contribution in [2.45, 2.75) is 18.9 Å². The van der Waals surface area contributed by atoms with Gasteiger partial charge < -0.3 is 5.11 Å². The highest BCUT2D eigenvalue weighted by molar-refractivity contribution is 7.94. The molecule has 0 radical (unpaired) electrons. The van der Waals surface area contributed by atoms with E-state index in [1.807, 2.05) is 0 Å². The van der Waals surface area contributed by atoms with Crippen LogP contribution in [0.2, 0.25) is 0 Å². The molecule has 0 saturated heterocycles. The van der Waals surface area contributed by atoms with Gasteiger partial charge in [0.25, 0.3) is 0 Å². The molecular weight excluding hydrogens is 252 g/mol. The molecule has 94 valence electrons. The molecule has 7 heteroatoms. The Morgan fingerprint density at radius 1 is 1.06 bits per heavy atom. The monoisotopic (exact) mass is 268 g/mol. The smallest absolute Gasteiger partial charge is 0.173 e. The first kappa shape index (κ1) is 15.3. The summed E-state index contributed by atoms with van der Waals surface area (Å²) in [4.78, 5) is 0. The van der Waals surface area contributed by atoms with Gasteiger partial charge in [-0.3, -0.25) is 0 Å². The lowest BCUT2D eigenvalue weighted by atomic mass is 10.2. The highest BCUT2D eigenvalue weighted by atomic mass is 32.2. The number of hydrogen-bond acceptors (Lipinski definition) is 5. The third-order valence-electron chi connectivity index (χ3n) is 1.90. The summed E-state index contributed by atoms with van der Waals surface area (Å²) < 4.78 is 44.0. The second-order valence-electron chi connectivity index (χ2n) is 3.33. The molecule has 0 aliphatic heterocycles. The van der Waals surface area contributed by atoms with Crippen molar-refractivity contribution < 1.29 is 21.9 Å². The highest BCUT2D eigenvalue weighted by Gasteiger charge is 2.14. The Morgan fingerprint density at radius 3 is 2.00 bits per heavy atom. The van der Waals surface area contributed by atoms with Gasteiger partial charge >= 0.3 is 0 Å². The maximum absolute atomic E-state index is 11.0. The molecule has 0 aliphatic rings. The molecule has 1 N–H and O–H groups in total. The van der Waals surface area contributed by atoms with E-state index in [2.05, 4.69) is 13.2 Å². The molecule has 0 amide bonds. The molecule has 0 aliphatic carbocycles. The van der Waals surface area contributed by atoms with Crippen molar-refractivity contribution in [3.8, 4) is 0 Å². The van der Waals surface area contributed by atoms with Crippen LogP contribution < -0.4 is 0 Å². The van der Waals surface area contributed by atoms with Crippen molar-refractivity contribution >= 4 is 19.7 Å². The predicted molar refractivity (Wildman–Crippen MR) is 63.2 cm³/mol. The van der Waals surface area contributed by atoms with Crippen molar-refractivity contribution in [3.63, 3.8) is 0 Å². The van der Waals surface area contributed by atoms with Crippen LogP contribution in [0.4, 0.5) is 0 Å². The van der Waals surface area contributed by atoms with Gasteiger partial charge in [-0.15, -0.1) is 0 Å². The fourth-order valence-corrected chi connectivity index (χ4v) is 2.60. The van der Waals surface area contributed by atoms with Crippen LogP contribution in [0, 0.1) is 0 Å². The quantitative estimate of drug-likeness (QED) is 0.681. The van der Waals surface area contributed by atoms with Crippen LogP contribution in [0.1, 0.15) is 12.8 Å². The van der Waals surface area contributed by atoms with Crippen molar-refractivity contribution in [2.24, 2.45) is 0 Å². The Balaban J connectivity index is 4.06. The van der Waals surface area contributed by atoms with Crippen LogP contribution in [0.15, 0.2) is 24.0 Å². The number of aliphatic hydroxyl groups excluding tert-OH is 1. The molecule has 0 bridgehead atoms. The zero-order valence-electron chi connectivity index (χ0n) is 8.87. The normalized spacial score (nSPS) is 14.3. The standard InChI is InChI=1S/C9H16O5S2/c1-3-15(11,12)7-5-6-9(10)8-16(13,14)4-2/h3-4,9-10H,1-2,5-8H2. The predicted octanol–water partition coefficient (Wildman–Crippen LogP) is 0.244. The van der Waals surface area contributed by atoms with Crippen molar-refractivity contribution in [2.75, 3.05) is 11.5 Å². The lowest BCUT2D eigenvalue weighted by Gasteiger charge is -2.08. The lowest BCUT2D eigenvalue weighted by molar-refractivity contribution is 0.186. The van der Waals surface area contributed by atoms with E-state index in [1.165, 1.54) is 0 Å². The van der Waals surface area contributed by atoms with Gasteiger partial charge in [0.15, 0.2) is 19.7 Å². The molecule has 0 saturated carbocycles. The topological polar surface area (TPSA) is 88.5 Å². The van der Waals surface area contributed by atoms with E-state index in [0.29, 0.717) is 0 Å². The summed E-state index contributed by atoms with van der Waals surface area (Å²) in [6, 6.07) is 0. The number of hydrogen-bond donors (Lipinski definition) is 1. The van der Waals surface area contributed by atoms with E-state index >= 15 is 0 Å². The third kappa shape index (κ3) is 6.76. The largest absolute Gasteiger partial charge is 0.392 e. The molecular formula is C9H16O5S2. The second kappa shape index (κ2) is 6.17. The first-order valence-electron chi connectivity index (χ1n) is 4.61. The van der Waals surface area contributed by atoms with Crippen LogP contribution in [-0.4, -0.2) is 39.6 Å². The molecule has 0 aromatic rings. The first-order valence-corrected chi connectivity index (χ1v) is 8.04. The van der Waals surface area contributed by atoms with E-state index in [1.54, 1.807) is 0 Å². The highest BCUT2D eigenvalue weighted by Crippen LogP contribution is 2.05. The second-order valence-corrected chi connectivity index (χ2v) is 7.39. The molecule has 1 unspecified atom stereocenters. The van der Waals surface area contributed by atoms with Crippen LogP contribution in [0.5, 0.6) is 0 Å². The summed E-state index contributed by atoms with van der Waals surface area (Å²) in [7, 11) is -6.73. The fraction of sp³-hybridized carbons (Fsp3) is 0.556. The van der Waals surface area contributed by atoms with Gasteiger partial charge in [-0.05, 0) is 12.8 Å². The maximum atomic E-state index is 11.0. The van der Waals surface area contributed by atoms with E-state index in [9.17, 15) is 21.9 Å². The van der Waals surface area contributed by atoms with Gasteiger partial charge in [-0.2, -0.15) is 0 Å². The fourth-order valence-electron chi connectivity index (χ4n) is 1.02. The first-order chi connectivity index (χ1) is 7.22. The molecule has 1 atom stereocenters. The number of rotatable bonds is 8. The molecule has 0 aromatic carbocycles. The van der Waals surface area contributed by atoms with Gasteiger partial charge in [0, 0.05) is 10.8 Å². The molecule has 0 spiro atoms. The number of aliphatic hydroxyl groups is 1. The Kier molecular flexibility index (Phi) is 5.91. The number of sulfone groups is 2. The minimum Gasteiger partial charge on any atom is -0.392 e. The van der Waals surface area contributed by atoms with Crippen LogP contribution >= 0.6 is 0 Å². The maximum Gasteiger partial charge on any atom is 0.173 e. The summed E-state index contributed by atoms with van der Waals surface area (Å²) in [6.07, 6.45) is -0.759. The summed E-state index contributed by atoms with van der Waals surface area (Å²) >= 11 is 0. The SMILES string of the molecule is C=CS(=O)(=O)CCCC(O)CS(=O)(=O)C=C. The Hall–Kier alpha value is -0.660. The van der Waals surface area contributed by atoms with Gasteiger partial charge in [-0.1, -0.05) is 13.2 Å². The van der Waals surface area contributed by atoms with E-state index in [0.717, 1.165) is 10.8 Å². The Bertz CT molecular complexity index is 433. The van der Waals surface area contributed by atoms with Gasteiger partial charge in [0.05, 0.1) is 17.6 Å². The van der Waals surface area contributed by atoms with Crippen molar-refractivity contribution in [3.05, 3.63) is 24.0 Å². The lowest BCUT2D eigenvalue weighted by Crippen LogP contribution is -2.20. The van der Waals surface area contributed by atoms with Crippen LogP contribution in [-0.2, 0) is 19.7 Å². The van der Waals surface area contributed by atoms with Crippen molar-refractivity contribution in [1.82, 2.24) is 0 Å². The van der Waals surface area contributed by atoms with Crippen LogP contribution in [0.25, 0.3) is 0 Å². The minimum atomic E-state index is -3.45. The van der Waals surface area contributed by atoms with E-state index < -0.39 is 31.5 Å². The minimum absolute atomic E-state index is 0.111. The molecule has 0 heterocycles. The molecule has 0 aromatic heterocycles. The third-order valence-corrected chi connectivity index (χ3v) is 4.62. The Morgan fingerprint density at radius 2 is 1.56 bits per heavy atom. The van der Waals surface area contributed by atoms with E-state index in [-0.39, 0.29) is 18.6 Å². The molecule has 5 nitrogen and oxygen atoms in total. The van der Waals surface area contributed by atoms with Gasteiger partial charge in [-0.25, -0.2) is 16.8 Å². The average Bonchev–Trinajstić information content (AvgIpc) is 2.17. The molecule has 0 fully saturated rings. The zero-order valence-corrected chi connectivity index (χ0v) is 10.5.